The highest BCUT2D eigenvalue weighted by Gasteiger charge is 2.27. The van der Waals surface area contributed by atoms with Gasteiger partial charge in [-0.25, -0.2) is 14.4 Å². The molecule has 0 saturated heterocycles. The van der Waals surface area contributed by atoms with Crippen molar-refractivity contribution in [1.82, 2.24) is 10.6 Å². The maximum atomic E-state index is 12.0. The minimum absolute atomic E-state index is 0.112. The van der Waals surface area contributed by atoms with Gasteiger partial charge >= 0.3 is 18.2 Å². The van der Waals surface area contributed by atoms with Gasteiger partial charge in [0.05, 0.1) is 6.42 Å². The quantitative estimate of drug-likeness (QED) is 0.337. The lowest BCUT2D eigenvalue weighted by Gasteiger charge is -2.21. The summed E-state index contributed by atoms with van der Waals surface area (Å²) in [6.07, 6.45) is -2.18. The number of alkyl carbamates (subject to hydrolysis) is 1. The van der Waals surface area contributed by atoms with Crippen LogP contribution in [-0.4, -0.2) is 54.5 Å². The van der Waals surface area contributed by atoms with Gasteiger partial charge in [0, 0.05) is 13.1 Å². The minimum atomic E-state index is -1.18. The molecule has 0 aromatic heterocycles. The fraction of sp³-hybridized carbons (Fsp3) is 0.750. The number of esters is 1. The van der Waals surface area contributed by atoms with Gasteiger partial charge in [-0.2, -0.15) is 0 Å². The highest BCUT2D eigenvalue weighted by molar-refractivity contribution is 5.89. The molecule has 0 bridgehead atoms. The molecule has 0 rings (SSSR count). The van der Waals surface area contributed by atoms with Gasteiger partial charge in [0.15, 0.2) is 0 Å². The van der Waals surface area contributed by atoms with Crippen molar-refractivity contribution in [1.29, 1.82) is 0 Å². The van der Waals surface area contributed by atoms with E-state index in [-0.39, 0.29) is 19.5 Å². The molecule has 2 amide bonds. The number of carbonyl (C=O) groups excluding carboxylic acids is 4. The lowest BCUT2D eigenvalue weighted by atomic mass is 10.2. The first-order valence-electron chi connectivity index (χ1n) is 8.13. The summed E-state index contributed by atoms with van der Waals surface area (Å²) in [7, 11) is 0. The maximum absolute atomic E-state index is 12.0. The third-order valence-electron chi connectivity index (χ3n) is 2.45. The van der Waals surface area contributed by atoms with Crippen LogP contribution in [0, 0.1) is 0 Å². The lowest BCUT2D eigenvalue weighted by molar-refractivity contribution is -0.145. The summed E-state index contributed by atoms with van der Waals surface area (Å²) in [5, 5.41) is 5.16. The molecule has 150 valence electrons. The zero-order valence-electron chi connectivity index (χ0n) is 16.1. The van der Waals surface area contributed by atoms with E-state index in [1.165, 1.54) is 0 Å². The van der Waals surface area contributed by atoms with Crippen LogP contribution < -0.4 is 16.4 Å². The molecule has 0 fully saturated rings. The van der Waals surface area contributed by atoms with Crippen molar-refractivity contribution in [2.24, 2.45) is 5.73 Å². The Kier molecular flexibility index (Phi) is 9.05. The Balaban J connectivity index is 4.48. The SMILES string of the molecule is CC(C)(C)OC(=O)NCCN[C@@H](CC(N)=O)C(=O)OC(=O)OC(C)(C)C. The molecule has 0 aromatic rings. The molecule has 0 aromatic carbocycles. The van der Waals surface area contributed by atoms with Crippen LogP contribution in [0.4, 0.5) is 9.59 Å². The summed E-state index contributed by atoms with van der Waals surface area (Å²) in [6, 6.07) is -1.15. The molecule has 0 radical (unpaired) electrons. The number of hydrogen-bond acceptors (Lipinski definition) is 8. The normalized spacial score (nSPS) is 12.7. The second-order valence-electron chi connectivity index (χ2n) is 7.49. The van der Waals surface area contributed by atoms with Gasteiger partial charge in [-0.1, -0.05) is 0 Å². The Bertz CT molecular complexity index is 521. The molecule has 10 heteroatoms. The third-order valence-corrected chi connectivity index (χ3v) is 2.45. The number of ether oxygens (including phenoxy) is 3. The fourth-order valence-corrected chi connectivity index (χ4v) is 1.59. The molecule has 4 N–H and O–H groups in total. The standard InChI is InChI=1S/C16H29N3O7/c1-15(2,3)25-13(22)19-8-7-18-10(9-11(17)20)12(21)24-14(23)26-16(4,5)6/h10,18H,7-9H2,1-6H3,(H2,17,20)(H,19,22)/t10-/m0/s1. The predicted molar refractivity (Wildman–Crippen MR) is 92.2 cm³/mol. The highest BCUT2D eigenvalue weighted by Crippen LogP contribution is 2.09. The van der Waals surface area contributed by atoms with Gasteiger partial charge in [0.25, 0.3) is 0 Å². The molecule has 26 heavy (non-hydrogen) atoms. The number of primary amides is 1. The number of nitrogens with one attached hydrogen (secondary N) is 2. The molecule has 0 aliphatic carbocycles. The van der Waals surface area contributed by atoms with Gasteiger partial charge in [0.2, 0.25) is 5.91 Å². The number of nitrogens with two attached hydrogens (primary N) is 1. The maximum Gasteiger partial charge on any atom is 0.516 e. The topological polar surface area (TPSA) is 146 Å². The van der Waals surface area contributed by atoms with Crippen LogP contribution in [0.15, 0.2) is 0 Å². The molecule has 0 aliphatic heterocycles. The molecular formula is C16H29N3O7. The molecule has 0 unspecified atom stereocenters. The van der Waals surface area contributed by atoms with E-state index in [1.54, 1.807) is 41.5 Å². The largest absolute Gasteiger partial charge is 0.516 e. The van der Waals surface area contributed by atoms with E-state index in [0.29, 0.717) is 0 Å². The molecule has 0 spiro atoms. The van der Waals surface area contributed by atoms with Gasteiger partial charge in [0.1, 0.15) is 17.2 Å². The summed E-state index contributed by atoms with van der Waals surface area (Å²) in [5.74, 6) is -1.76. The highest BCUT2D eigenvalue weighted by atomic mass is 16.7. The van der Waals surface area contributed by atoms with Gasteiger partial charge in [-0.3, -0.25) is 4.79 Å². The Morgan fingerprint density at radius 3 is 1.92 bits per heavy atom. The van der Waals surface area contributed by atoms with Crippen LogP contribution in [0.2, 0.25) is 0 Å². The van der Waals surface area contributed by atoms with Gasteiger partial charge in [-0.05, 0) is 41.5 Å². The van der Waals surface area contributed by atoms with Crippen LogP contribution in [0.1, 0.15) is 48.0 Å². The molecule has 0 aliphatic rings. The van der Waals surface area contributed by atoms with Gasteiger partial charge < -0.3 is 30.6 Å². The summed E-state index contributed by atoms with van der Waals surface area (Å²) in [4.78, 5) is 46.1. The van der Waals surface area contributed by atoms with Crippen molar-refractivity contribution in [2.75, 3.05) is 13.1 Å². The molecule has 1 atom stereocenters. The average molecular weight is 375 g/mol. The number of hydrogen-bond donors (Lipinski definition) is 3. The third kappa shape index (κ3) is 13.0. The first-order chi connectivity index (χ1) is 11.7. The monoisotopic (exact) mass is 375 g/mol. The molecule has 10 nitrogen and oxygen atoms in total. The first kappa shape index (κ1) is 23.6. The molecule has 0 heterocycles. The Morgan fingerprint density at radius 1 is 0.923 bits per heavy atom. The van der Waals surface area contributed by atoms with Crippen molar-refractivity contribution in [3.8, 4) is 0 Å². The Hall–Kier alpha value is -2.36. The van der Waals surface area contributed by atoms with Gasteiger partial charge in [-0.15, -0.1) is 0 Å². The van der Waals surface area contributed by atoms with E-state index in [4.69, 9.17) is 15.2 Å². The van der Waals surface area contributed by atoms with Crippen molar-refractivity contribution >= 4 is 24.1 Å². The first-order valence-corrected chi connectivity index (χ1v) is 8.13. The average Bonchev–Trinajstić information content (AvgIpc) is 2.37. The van der Waals surface area contributed by atoms with E-state index in [9.17, 15) is 19.2 Å². The summed E-state index contributed by atoms with van der Waals surface area (Å²) < 4.78 is 14.5. The summed E-state index contributed by atoms with van der Waals surface area (Å²) in [6.45, 7) is 10.2. The van der Waals surface area contributed by atoms with Crippen LogP contribution in [0.3, 0.4) is 0 Å². The second-order valence-corrected chi connectivity index (χ2v) is 7.49. The van der Waals surface area contributed by atoms with E-state index in [0.717, 1.165) is 0 Å². The van der Waals surface area contributed by atoms with Crippen molar-refractivity contribution in [3.05, 3.63) is 0 Å². The summed E-state index contributed by atoms with van der Waals surface area (Å²) in [5.41, 5.74) is 3.63. The zero-order chi connectivity index (χ0) is 20.5. The lowest BCUT2D eigenvalue weighted by Crippen LogP contribution is -2.45. The minimum Gasteiger partial charge on any atom is -0.444 e. The van der Waals surface area contributed by atoms with Crippen molar-refractivity contribution in [2.45, 2.75) is 65.2 Å². The van der Waals surface area contributed by atoms with Crippen LogP contribution in [0.25, 0.3) is 0 Å². The Morgan fingerprint density at radius 2 is 1.46 bits per heavy atom. The van der Waals surface area contributed by atoms with Crippen molar-refractivity contribution in [3.63, 3.8) is 0 Å². The van der Waals surface area contributed by atoms with Crippen LogP contribution in [0.5, 0.6) is 0 Å². The summed E-state index contributed by atoms with van der Waals surface area (Å²) >= 11 is 0. The molecular weight excluding hydrogens is 346 g/mol. The van der Waals surface area contributed by atoms with E-state index in [1.807, 2.05) is 0 Å². The Labute approximate surface area is 153 Å². The number of carbonyl (C=O) groups is 4. The van der Waals surface area contributed by atoms with E-state index in [2.05, 4.69) is 15.4 Å². The van der Waals surface area contributed by atoms with Crippen LogP contribution >= 0.6 is 0 Å². The second kappa shape index (κ2) is 9.95. The zero-order valence-corrected chi connectivity index (χ0v) is 16.1. The fourth-order valence-electron chi connectivity index (χ4n) is 1.59. The van der Waals surface area contributed by atoms with Crippen molar-refractivity contribution < 1.29 is 33.4 Å². The van der Waals surface area contributed by atoms with E-state index < -0.39 is 41.4 Å². The smallest absolute Gasteiger partial charge is 0.444 e. The number of amides is 2. The number of rotatable bonds is 7. The van der Waals surface area contributed by atoms with Crippen LogP contribution in [-0.2, 0) is 23.8 Å². The predicted octanol–water partition coefficient (Wildman–Crippen LogP) is 0.823. The molecule has 0 saturated carbocycles. The van der Waals surface area contributed by atoms with E-state index >= 15 is 0 Å².